The van der Waals surface area contributed by atoms with Crippen LogP contribution in [0.25, 0.3) is 10.9 Å². The van der Waals surface area contributed by atoms with E-state index in [2.05, 4.69) is 26.3 Å². The van der Waals surface area contributed by atoms with Crippen LogP contribution in [0, 0.1) is 0 Å². The monoisotopic (exact) mass is 516 g/mol. The van der Waals surface area contributed by atoms with E-state index in [9.17, 15) is 29.1 Å². The molecular weight excluding hydrogens is 484 g/mol. The normalized spacial score (nSPS) is 17.5. The zero-order chi connectivity index (χ0) is 26.9. The molecule has 1 aliphatic heterocycles. The minimum Gasteiger partial charge on any atom is -0.480 e. The van der Waals surface area contributed by atoms with E-state index in [1.165, 1.54) is 0 Å². The molecule has 4 amide bonds. The topological polar surface area (TPSA) is 216 Å². The van der Waals surface area contributed by atoms with Crippen LogP contribution in [0.4, 0.5) is 0 Å². The number of aliphatic carboxylic acids is 1. The number of aliphatic hydroxyl groups excluding tert-OH is 1. The van der Waals surface area contributed by atoms with Gasteiger partial charge in [0.2, 0.25) is 23.6 Å². The second-order valence-electron chi connectivity index (χ2n) is 8.92. The van der Waals surface area contributed by atoms with E-state index < -0.39 is 54.5 Å². The van der Waals surface area contributed by atoms with Gasteiger partial charge in [0, 0.05) is 29.9 Å². The zero-order valence-corrected chi connectivity index (χ0v) is 20.2. The van der Waals surface area contributed by atoms with Crippen LogP contribution in [0.15, 0.2) is 30.5 Å². The number of nitrogens with one attached hydrogen (secondary N) is 5. The molecule has 0 radical (unpaired) electrons. The van der Waals surface area contributed by atoms with Crippen molar-refractivity contribution in [3.63, 3.8) is 0 Å². The van der Waals surface area contributed by atoms with Crippen molar-refractivity contribution < 1.29 is 34.2 Å². The number of hydrogen-bond donors (Lipinski definition) is 8. The highest BCUT2D eigenvalue weighted by Gasteiger charge is 2.32. The summed E-state index contributed by atoms with van der Waals surface area (Å²) in [5.74, 6) is -4.16. The highest BCUT2D eigenvalue weighted by Crippen LogP contribution is 2.19. The van der Waals surface area contributed by atoms with Gasteiger partial charge in [-0.25, -0.2) is 4.79 Å². The third-order valence-corrected chi connectivity index (χ3v) is 6.22. The molecule has 13 heteroatoms. The second kappa shape index (κ2) is 12.8. The molecule has 1 aromatic heterocycles. The lowest BCUT2D eigenvalue weighted by Gasteiger charge is -2.25. The first-order chi connectivity index (χ1) is 17.7. The van der Waals surface area contributed by atoms with Gasteiger partial charge in [0.15, 0.2) is 0 Å². The molecule has 4 unspecified atom stereocenters. The molecule has 2 heterocycles. The summed E-state index contributed by atoms with van der Waals surface area (Å²) in [7, 11) is 0. The minimum absolute atomic E-state index is 0.104. The Morgan fingerprint density at radius 2 is 1.73 bits per heavy atom. The molecule has 1 aliphatic rings. The van der Waals surface area contributed by atoms with Crippen molar-refractivity contribution >= 4 is 40.5 Å². The molecule has 0 spiro atoms. The number of carbonyl (C=O) groups excluding carboxylic acids is 4. The summed E-state index contributed by atoms with van der Waals surface area (Å²) in [5.41, 5.74) is 6.81. The maximum atomic E-state index is 13.4. The van der Waals surface area contributed by atoms with Crippen LogP contribution in [0.3, 0.4) is 0 Å². The zero-order valence-electron chi connectivity index (χ0n) is 20.2. The molecule has 1 aromatic carbocycles. The van der Waals surface area contributed by atoms with Gasteiger partial charge in [-0.05, 0) is 37.4 Å². The maximum absolute atomic E-state index is 13.4. The number of aliphatic hydroxyl groups is 1. The fourth-order valence-electron chi connectivity index (χ4n) is 4.20. The molecule has 1 saturated heterocycles. The van der Waals surface area contributed by atoms with E-state index in [4.69, 9.17) is 10.8 Å². The molecule has 37 heavy (non-hydrogen) atoms. The summed E-state index contributed by atoms with van der Waals surface area (Å²) < 4.78 is 0. The molecule has 1 fully saturated rings. The molecule has 0 saturated carbocycles. The second-order valence-corrected chi connectivity index (χ2v) is 8.92. The summed E-state index contributed by atoms with van der Waals surface area (Å²) in [6.45, 7) is -0.187. The van der Waals surface area contributed by atoms with Gasteiger partial charge in [-0.2, -0.15) is 0 Å². The summed E-state index contributed by atoms with van der Waals surface area (Å²) in [4.78, 5) is 64.7. The number of H-pyrrole nitrogens is 1. The lowest BCUT2D eigenvalue weighted by molar-refractivity contribution is -0.143. The number of nitrogens with two attached hydrogens (primary N) is 1. The quantitative estimate of drug-likeness (QED) is 0.152. The van der Waals surface area contributed by atoms with E-state index in [0.29, 0.717) is 13.0 Å². The van der Waals surface area contributed by atoms with E-state index in [0.717, 1.165) is 22.9 Å². The lowest BCUT2D eigenvalue weighted by Crippen LogP contribution is -2.58. The van der Waals surface area contributed by atoms with Crippen molar-refractivity contribution in [3.8, 4) is 0 Å². The highest BCUT2D eigenvalue weighted by atomic mass is 16.4. The van der Waals surface area contributed by atoms with E-state index in [1.807, 2.05) is 24.3 Å². The number of aromatic amines is 1. The lowest BCUT2D eigenvalue weighted by atomic mass is 10.0. The van der Waals surface area contributed by atoms with Crippen LogP contribution in [0.5, 0.6) is 0 Å². The Hall–Kier alpha value is -3.97. The minimum atomic E-state index is -1.60. The summed E-state index contributed by atoms with van der Waals surface area (Å²) in [5, 5.41) is 29.7. The van der Waals surface area contributed by atoms with Crippen LogP contribution >= 0.6 is 0 Å². The maximum Gasteiger partial charge on any atom is 0.328 e. The molecule has 9 N–H and O–H groups in total. The van der Waals surface area contributed by atoms with E-state index >= 15 is 0 Å². The third-order valence-electron chi connectivity index (χ3n) is 6.22. The largest absolute Gasteiger partial charge is 0.480 e. The Morgan fingerprint density at radius 3 is 2.38 bits per heavy atom. The van der Waals surface area contributed by atoms with E-state index in [-0.39, 0.29) is 25.2 Å². The average Bonchev–Trinajstić information content (AvgIpc) is 3.55. The Labute approximate surface area is 212 Å². The van der Waals surface area contributed by atoms with E-state index in [1.54, 1.807) is 6.20 Å². The molecule has 200 valence electrons. The first-order valence-electron chi connectivity index (χ1n) is 12.0. The van der Waals surface area contributed by atoms with Crippen LogP contribution in [-0.2, 0) is 30.4 Å². The predicted octanol–water partition coefficient (Wildman–Crippen LogP) is -1.74. The van der Waals surface area contributed by atoms with Crippen LogP contribution in [0.1, 0.15) is 31.2 Å². The Balaban J connectivity index is 1.81. The van der Waals surface area contributed by atoms with Crippen molar-refractivity contribution in [2.45, 2.75) is 56.3 Å². The molecular formula is C24H32N6O7. The SMILES string of the molecule is NC(=O)CCC(NC(=O)C(Cc1c[nH]c2ccccc12)NC(=O)C1CCCN1)C(=O)NC(CO)C(=O)O. The van der Waals surface area contributed by atoms with Crippen LogP contribution in [-0.4, -0.2) is 82.1 Å². The van der Waals surface area contributed by atoms with Gasteiger partial charge >= 0.3 is 5.97 Å². The Morgan fingerprint density at radius 1 is 1.03 bits per heavy atom. The molecule has 13 nitrogen and oxygen atoms in total. The number of hydrogen-bond acceptors (Lipinski definition) is 7. The molecule has 0 aliphatic carbocycles. The van der Waals surface area contributed by atoms with Gasteiger partial charge in [0.1, 0.15) is 18.1 Å². The number of carboxylic acids is 1. The van der Waals surface area contributed by atoms with Crippen LogP contribution < -0.4 is 27.0 Å². The Kier molecular flexibility index (Phi) is 9.57. The van der Waals surface area contributed by atoms with Gasteiger partial charge in [-0.1, -0.05) is 18.2 Å². The predicted molar refractivity (Wildman–Crippen MR) is 132 cm³/mol. The number of benzene rings is 1. The van der Waals surface area contributed by atoms with Crippen molar-refractivity contribution in [3.05, 3.63) is 36.0 Å². The number of carbonyl (C=O) groups is 5. The number of primary amides is 1. The molecule has 2 aromatic rings. The molecule has 3 rings (SSSR count). The Bertz CT molecular complexity index is 1140. The van der Waals surface area contributed by atoms with Crippen molar-refractivity contribution in [1.82, 2.24) is 26.3 Å². The summed E-state index contributed by atoms with van der Waals surface area (Å²) in [6, 6.07) is 2.99. The van der Waals surface area contributed by atoms with Gasteiger partial charge in [0.05, 0.1) is 12.6 Å². The summed E-state index contributed by atoms with van der Waals surface area (Å²) in [6.07, 6.45) is 2.81. The third kappa shape index (κ3) is 7.51. The molecule has 0 bridgehead atoms. The number of fused-ring (bicyclic) bond motifs is 1. The van der Waals surface area contributed by atoms with Crippen LogP contribution in [0.2, 0.25) is 0 Å². The van der Waals surface area contributed by atoms with Gasteiger partial charge in [-0.15, -0.1) is 0 Å². The van der Waals surface area contributed by atoms with Crippen molar-refractivity contribution in [2.24, 2.45) is 5.73 Å². The number of para-hydroxylation sites is 1. The standard InChI is InChI=1S/C24H32N6O7/c25-20(32)8-7-17(22(34)30-19(12-31)24(36)37)28-23(35)18(29-21(33)16-6-3-9-26-16)10-13-11-27-15-5-2-1-4-14(13)15/h1-2,4-5,11,16-19,26-27,31H,3,6-10,12H2,(H2,25,32)(H,28,35)(H,29,33)(H,30,34)(H,36,37). The fraction of sp³-hybridized carbons (Fsp3) is 0.458. The summed E-state index contributed by atoms with van der Waals surface area (Å²) >= 11 is 0. The molecule has 4 atom stereocenters. The first-order valence-corrected chi connectivity index (χ1v) is 12.0. The number of carboxylic acid groups (broad SMARTS) is 1. The van der Waals surface area contributed by atoms with Crippen molar-refractivity contribution in [1.29, 1.82) is 0 Å². The average molecular weight is 517 g/mol. The number of rotatable bonds is 13. The highest BCUT2D eigenvalue weighted by molar-refractivity contribution is 5.95. The first kappa shape index (κ1) is 27.6. The van der Waals surface area contributed by atoms with Gasteiger partial charge in [-0.3, -0.25) is 19.2 Å². The number of aromatic nitrogens is 1. The fourth-order valence-corrected chi connectivity index (χ4v) is 4.20. The van der Waals surface area contributed by atoms with Gasteiger partial charge < -0.3 is 42.2 Å². The smallest absolute Gasteiger partial charge is 0.328 e. The van der Waals surface area contributed by atoms with Gasteiger partial charge in [0.25, 0.3) is 0 Å². The number of amides is 4. The van der Waals surface area contributed by atoms with Crippen molar-refractivity contribution in [2.75, 3.05) is 13.2 Å².